The van der Waals surface area contributed by atoms with Crippen LogP contribution in [-0.2, 0) is 36.0 Å². The lowest BCUT2D eigenvalue weighted by Crippen LogP contribution is -2.62. The van der Waals surface area contributed by atoms with Gasteiger partial charge in [0.2, 0.25) is 0 Å². The molecule has 0 radical (unpaired) electrons. The minimum absolute atomic E-state index is 1.59. The zero-order chi connectivity index (χ0) is 66.6. The largest absolute Gasteiger partial charge is 0.501 e. The average Bonchev–Trinajstić information content (AvgIpc) is 3.74. The molecule has 1 heterocycles. The predicted molar refractivity (Wildman–Crippen MR) is 176 cm³/mol. The second-order valence-corrected chi connectivity index (χ2v) is 21.8. The fourth-order valence-electron chi connectivity index (χ4n) is 5.27. The van der Waals surface area contributed by atoms with Crippen molar-refractivity contribution in [3.63, 3.8) is 0 Å². The first-order chi connectivity index (χ1) is 35.9. The second-order valence-electron chi connectivity index (χ2n) is 16.4. The highest BCUT2D eigenvalue weighted by atomic mass is 28.4. The van der Waals surface area contributed by atoms with Gasteiger partial charge in [-0.15, -0.1) is 0 Å². The molecule has 0 amide bonds. The van der Waals surface area contributed by atoms with E-state index in [2.05, 4.69) is 36.0 Å². The Labute approximate surface area is 430 Å². The van der Waals surface area contributed by atoms with Crippen molar-refractivity contribution in [2.75, 3.05) is 52.9 Å². The molecule has 0 unspecified atom stereocenters. The molecule has 0 saturated carbocycles. The summed E-state index contributed by atoms with van der Waals surface area (Å²) in [5, 5.41) is 0. The summed E-state index contributed by atoms with van der Waals surface area (Å²) < 4.78 is 605. The second kappa shape index (κ2) is 23.6. The third kappa shape index (κ3) is 16.3. The van der Waals surface area contributed by atoms with Crippen LogP contribution >= 0.6 is 0 Å². The molecule has 1 saturated heterocycles. The Morgan fingerprint density at radius 3 is 0.494 bits per heavy atom. The molecule has 0 aromatic heterocycles. The average molecular weight is 1380 g/mol. The van der Waals surface area contributed by atoms with Gasteiger partial charge in [0, 0.05) is 24.9 Å². The highest BCUT2D eigenvalue weighted by molar-refractivity contribution is 6.61. The van der Waals surface area contributed by atoms with Crippen LogP contribution < -0.4 is 0 Å². The smallest absolute Gasteiger partial charge is 0.367 e. The van der Waals surface area contributed by atoms with Crippen molar-refractivity contribution in [1.29, 1.82) is 0 Å². The molecule has 0 aromatic rings. The van der Waals surface area contributed by atoms with Crippen molar-refractivity contribution in [2.45, 2.75) is 139 Å². The third-order valence-electron chi connectivity index (χ3n) is 10.2. The standard InChI is InChI=1S/C31H24F42O8Si2/c32-14(33,20(44,45)26(56,57)58)7-76-82(77-8-15(34,35)21(46,47)27(59,60)61,78-9-16(36,37)22(48,49)28(62,63)64)5-1-13(74-3-4-75-13)2-6-83(79-10-17(38,39)23(50,51)29(65,66)67,80-11-18(40,41)24(52,53)30(68,69)70)81-12-19(42,43)25(54,55)31(71,72)73/h1-12H2. The Bertz CT molecular complexity index is 1760. The zero-order valence-corrected chi connectivity index (χ0v) is 40.1. The molecule has 52 heteroatoms. The fourth-order valence-corrected chi connectivity index (χ4v) is 10.4. The molecule has 1 aliphatic rings. The number of hydrogen-bond acceptors (Lipinski definition) is 8. The maximum atomic E-state index is 14.5. The van der Waals surface area contributed by atoms with Crippen molar-refractivity contribution in [2.24, 2.45) is 0 Å². The van der Waals surface area contributed by atoms with Gasteiger partial charge in [-0.05, 0) is 0 Å². The summed E-state index contributed by atoms with van der Waals surface area (Å²) in [4.78, 5) is 0. The number of hydrogen-bond donors (Lipinski definition) is 0. The first-order valence-corrected chi connectivity index (χ1v) is 23.8. The first kappa shape index (κ1) is 78.2. The quantitative estimate of drug-likeness (QED) is 0.0520. The van der Waals surface area contributed by atoms with E-state index in [9.17, 15) is 184 Å². The molecule has 83 heavy (non-hydrogen) atoms. The summed E-state index contributed by atoms with van der Waals surface area (Å²) >= 11 is 0. The van der Waals surface area contributed by atoms with Gasteiger partial charge in [-0.2, -0.15) is 184 Å². The molecular formula is C31H24F42O8Si2. The van der Waals surface area contributed by atoms with Crippen molar-refractivity contribution in [3.05, 3.63) is 0 Å². The van der Waals surface area contributed by atoms with Gasteiger partial charge in [0.25, 0.3) is 0 Å². The Balaban J connectivity index is 4.58. The lowest BCUT2D eigenvalue weighted by Gasteiger charge is -2.39. The number of halogens is 42. The molecule has 0 atom stereocenters. The molecule has 1 rings (SSSR count). The Morgan fingerprint density at radius 1 is 0.241 bits per heavy atom. The van der Waals surface area contributed by atoms with Crippen molar-refractivity contribution in [3.8, 4) is 0 Å². The molecule has 0 N–H and O–H groups in total. The molecule has 1 aliphatic heterocycles. The van der Waals surface area contributed by atoms with Gasteiger partial charge >= 0.3 is 126 Å². The van der Waals surface area contributed by atoms with E-state index in [1.807, 2.05) is 0 Å². The van der Waals surface area contributed by atoms with E-state index in [1.165, 1.54) is 0 Å². The Morgan fingerprint density at radius 2 is 0.373 bits per heavy atom. The van der Waals surface area contributed by atoms with E-state index in [4.69, 9.17) is 0 Å². The first-order valence-electron chi connectivity index (χ1n) is 19.9. The lowest BCUT2D eigenvalue weighted by atomic mass is 10.1. The molecule has 0 bridgehead atoms. The van der Waals surface area contributed by atoms with Crippen LogP contribution in [0.2, 0.25) is 12.1 Å². The SMILES string of the molecule is FC(F)(F)C(F)(F)C(F)(F)CO[Si](CCC1(CC[Si](OCC(F)(F)C(F)(F)C(F)(F)F)(OCC(F)(F)C(F)(F)C(F)(F)F)OCC(F)(F)C(F)(F)C(F)(F)F)OCCO1)(OCC(F)(F)C(F)(F)C(F)(F)F)OCC(F)(F)C(F)(F)C(F)(F)F. The van der Waals surface area contributed by atoms with Crippen LogP contribution in [0.15, 0.2) is 0 Å². The van der Waals surface area contributed by atoms with E-state index < -0.39 is 209 Å². The van der Waals surface area contributed by atoms with Gasteiger partial charge in [-0.3, -0.25) is 0 Å². The highest BCUT2D eigenvalue weighted by Gasteiger charge is 2.79. The molecular weight excluding hydrogens is 1350 g/mol. The minimum atomic E-state index is -8.12. The van der Waals surface area contributed by atoms with E-state index in [0.717, 1.165) is 0 Å². The summed E-state index contributed by atoms with van der Waals surface area (Å²) in [6, 6.07) is -6.22. The van der Waals surface area contributed by atoms with Gasteiger partial charge in [-0.25, -0.2) is 0 Å². The van der Waals surface area contributed by atoms with Gasteiger partial charge in [0.05, 0.1) is 13.2 Å². The monoisotopic (exact) mass is 1380 g/mol. The topological polar surface area (TPSA) is 73.8 Å². The van der Waals surface area contributed by atoms with Crippen molar-refractivity contribution < 1.29 is 220 Å². The lowest BCUT2D eigenvalue weighted by molar-refractivity contribution is -0.365. The van der Waals surface area contributed by atoms with E-state index in [1.54, 1.807) is 0 Å². The summed E-state index contributed by atoms with van der Waals surface area (Å²) in [5.41, 5.74) is 0. The molecule has 0 aromatic carbocycles. The van der Waals surface area contributed by atoms with Crippen LogP contribution in [0.1, 0.15) is 12.8 Å². The maximum Gasteiger partial charge on any atom is 0.501 e. The zero-order valence-electron chi connectivity index (χ0n) is 38.1. The predicted octanol–water partition coefficient (Wildman–Crippen LogP) is 14.5. The third-order valence-corrected chi connectivity index (χ3v) is 15.4. The maximum absolute atomic E-state index is 14.5. The van der Waals surface area contributed by atoms with Crippen LogP contribution in [0.25, 0.3) is 0 Å². The van der Waals surface area contributed by atoms with Crippen LogP contribution in [0, 0.1) is 0 Å². The van der Waals surface area contributed by atoms with Crippen LogP contribution in [0.4, 0.5) is 184 Å². The van der Waals surface area contributed by atoms with Crippen LogP contribution in [-0.4, -0.2) is 184 Å². The van der Waals surface area contributed by atoms with E-state index in [-0.39, 0.29) is 0 Å². The van der Waals surface area contributed by atoms with E-state index in [0.29, 0.717) is 0 Å². The summed E-state index contributed by atoms with van der Waals surface area (Å²) in [6.45, 7) is -28.8. The molecule has 1 fully saturated rings. The summed E-state index contributed by atoms with van der Waals surface area (Å²) in [7, 11) is -16.2. The van der Waals surface area contributed by atoms with Gasteiger partial charge in [-0.1, -0.05) is 0 Å². The highest BCUT2D eigenvalue weighted by Crippen LogP contribution is 2.54. The molecule has 8 nitrogen and oxygen atoms in total. The van der Waals surface area contributed by atoms with Crippen LogP contribution in [0.5, 0.6) is 0 Å². The van der Waals surface area contributed by atoms with Crippen molar-refractivity contribution in [1.82, 2.24) is 0 Å². The van der Waals surface area contributed by atoms with Crippen LogP contribution in [0.3, 0.4) is 0 Å². The summed E-state index contributed by atoms with van der Waals surface area (Å²) in [6.07, 6.45) is -51.7. The minimum Gasteiger partial charge on any atom is -0.367 e. The number of alkyl halides is 42. The Kier molecular flexibility index (Phi) is 22.2. The van der Waals surface area contributed by atoms with Crippen molar-refractivity contribution >= 4 is 17.6 Å². The van der Waals surface area contributed by atoms with Gasteiger partial charge < -0.3 is 36.0 Å². The van der Waals surface area contributed by atoms with Gasteiger partial charge in [0.1, 0.15) is 39.6 Å². The fraction of sp³-hybridized carbons (Fsp3) is 1.00. The molecule has 0 aliphatic carbocycles. The summed E-state index contributed by atoms with van der Waals surface area (Å²) in [5.74, 6) is -94.5. The van der Waals surface area contributed by atoms with E-state index >= 15 is 0 Å². The van der Waals surface area contributed by atoms with Gasteiger partial charge in [0.15, 0.2) is 5.79 Å². The number of rotatable bonds is 30. The normalized spacial score (nSPS) is 17.7. The molecule has 0 spiro atoms. The Hall–Kier alpha value is -2.83. The molecule has 498 valence electrons. The number of ether oxygens (including phenoxy) is 2.